The first-order valence-electron chi connectivity index (χ1n) is 7.20. The average molecular weight is 247 g/mol. The van der Waals surface area contributed by atoms with Crippen molar-refractivity contribution in [1.29, 1.82) is 0 Å². The van der Waals surface area contributed by atoms with E-state index >= 15 is 0 Å². The van der Waals surface area contributed by atoms with E-state index in [1.165, 1.54) is 24.9 Å². The predicted molar refractivity (Wildman–Crippen MR) is 77.2 cm³/mol. The molecule has 0 aromatic heterocycles. The van der Waals surface area contributed by atoms with Gasteiger partial charge in [-0.15, -0.1) is 0 Å². The Hall–Kier alpha value is -1.18. The molecule has 0 aliphatic heterocycles. The third-order valence-corrected chi connectivity index (χ3v) is 4.04. The highest BCUT2D eigenvalue weighted by molar-refractivity contribution is 5.47. The third kappa shape index (κ3) is 3.18. The first-order chi connectivity index (χ1) is 8.70. The fourth-order valence-electron chi connectivity index (χ4n) is 2.97. The lowest BCUT2D eigenvalue weighted by atomic mass is 9.78. The van der Waals surface area contributed by atoms with E-state index in [2.05, 4.69) is 31.3 Å². The van der Waals surface area contributed by atoms with Crippen LogP contribution in [-0.2, 0) is 0 Å². The maximum absolute atomic E-state index is 5.47. The summed E-state index contributed by atoms with van der Waals surface area (Å²) in [6.45, 7) is 7.46. The van der Waals surface area contributed by atoms with Crippen LogP contribution in [-0.4, -0.2) is 12.6 Å². The molecule has 1 saturated carbocycles. The van der Waals surface area contributed by atoms with Crippen molar-refractivity contribution in [2.75, 3.05) is 11.9 Å². The summed E-state index contributed by atoms with van der Waals surface area (Å²) >= 11 is 0. The number of ether oxygens (including phenoxy) is 1. The Morgan fingerprint density at radius 1 is 1.11 bits per heavy atom. The summed E-state index contributed by atoms with van der Waals surface area (Å²) in [5, 5.41) is 3.69. The summed E-state index contributed by atoms with van der Waals surface area (Å²) in [7, 11) is 0. The molecule has 1 aromatic carbocycles. The second kappa shape index (κ2) is 6.12. The van der Waals surface area contributed by atoms with Gasteiger partial charge in [0.25, 0.3) is 0 Å². The van der Waals surface area contributed by atoms with Crippen molar-refractivity contribution in [3.63, 3.8) is 0 Å². The van der Waals surface area contributed by atoms with Crippen LogP contribution in [0.3, 0.4) is 0 Å². The molecule has 1 fully saturated rings. The number of hydrogen-bond donors (Lipinski definition) is 1. The van der Waals surface area contributed by atoms with Gasteiger partial charge in [-0.1, -0.05) is 20.3 Å². The van der Waals surface area contributed by atoms with Crippen LogP contribution < -0.4 is 10.1 Å². The smallest absolute Gasteiger partial charge is 0.119 e. The molecule has 18 heavy (non-hydrogen) atoms. The lowest BCUT2D eigenvalue weighted by molar-refractivity contribution is 0.268. The Bertz CT molecular complexity index is 350. The molecule has 1 aliphatic rings. The van der Waals surface area contributed by atoms with Crippen LogP contribution >= 0.6 is 0 Å². The number of benzene rings is 1. The van der Waals surface area contributed by atoms with Crippen molar-refractivity contribution in [2.24, 2.45) is 11.8 Å². The second-order valence-corrected chi connectivity index (χ2v) is 5.51. The quantitative estimate of drug-likeness (QED) is 0.855. The molecule has 1 aromatic rings. The number of nitrogens with one attached hydrogen (secondary N) is 1. The van der Waals surface area contributed by atoms with E-state index in [4.69, 9.17) is 4.74 Å². The van der Waals surface area contributed by atoms with Crippen molar-refractivity contribution in [2.45, 2.75) is 46.1 Å². The largest absolute Gasteiger partial charge is 0.494 e. The van der Waals surface area contributed by atoms with Gasteiger partial charge in [-0.2, -0.15) is 0 Å². The minimum absolute atomic E-state index is 0.608. The summed E-state index contributed by atoms with van der Waals surface area (Å²) in [6.07, 6.45) is 4.07. The molecular weight excluding hydrogens is 222 g/mol. The molecular formula is C16H25NO. The zero-order valence-electron chi connectivity index (χ0n) is 11.8. The summed E-state index contributed by atoms with van der Waals surface area (Å²) in [6, 6.07) is 8.95. The molecule has 2 heteroatoms. The van der Waals surface area contributed by atoms with Gasteiger partial charge in [0.05, 0.1) is 6.61 Å². The van der Waals surface area contributed by atoms with Crippen molar-refractivity contribution in [1.82, 2.24) is 0 Å². The van der Waals surface area contributed by atoms with Crippen molar-refractivity contribution < 1.29 is 4.74 Å². The monoisotopic (exact) mass is 247 g/mol. The van der Waals surface area contributed by atoms with E-state index in [1.807, 2.05) is 19.1 Å². The molecule has 2 atom stereocenters. The minimum Gasteiger partial charge on any atom is -0.494 e. The summed E-state index contributed by atoms with van der Waals surface area (Å²) < 4.78 is 5.47. The van der Waals surface area contributed by atoms with E-state index in [1.54, 1.807) is 0 Å². The first kappa shape index (κ1) is 13.3. The molecule has 0 heterocycles. The van der Waals surface area contributed by atoms with E-state index in [0.717, 1.165) is 24.2 Å². The van der Waals surface area contributed by atoms with Crippen molar-refractivity contribution in [3.8, 4) is 5.75 Å². The van der Waals surface area contributed by atoms with Gasteiger partial charge in [-0.05, 0) is 55.9 Å². The number of hydrogen-bond acceptors (Lipinski definition) is 2. The topological polar surface area (TPSA) is 21.3 Å². The van der Waals surface area contributed by atoms with Crippen molar-refractivity contribution >= 4 is 5.69 Å². The number of anilines is 1. The maximum Gasteiger partial charge on any atom is 0.119 e. The zero-order chi connectivity index (χ0) is 13.0. The van der Waals surface area contributed by atoms with E-state index in [9.17, 15) is 0 Å². The molecule has 0 radical (unpaired) electrons. The van der Waals surface area contributed by atoms with Gasteiger partial charge in [-0.3, -0.25) is 0 Å². The molecule has 100 valence electrons. The highest BCUT2D eigenvalue weighted by atomic mass is 16.5. The van der Waals surface area contributed by atoms with E-state index < -0.39 is 0 Å². The molecule has 1 aliphatic carbocycles. The van der Waals surface area contributed by atoms with Gasteiger partial charge in [0.15, 0.2) is 0 Å². The van der Waals surface area contributed by atoms with Crippen LogP contribution in [0, 0.1) is 11.8 Å². The van der Waals surface area contributed by atoms with Crippen LogP contribution in [0.25, 0.3) is 0 Å². The highest BCUT2D eigenvalue weighted by Gasteiger charge is 2.27. The van der Waals surface area contributed by atoms with Gasteiger partial charge < -0.3 is 10.1 Å². The Balaban J connectivity index is 1.99. The Morgan fingerprint density at radius 2 is 1.72 bits per heavy atom. The van der Waals surface area contributed by atoms with E-state index in [0.29, 0.717) is 6.04 Å². The Labute approximate surface area is 111 Å². The van der Waals surface area contributed by atoms with Gasteiger partial charge in [0, 0.05) is 11.7 Å². The zero-order valence-corrected chi connectivity index (χ0v) is 11.8. The van der Waals surface area contributed by atoms with Crippen LogP contribution in [0.15, 0.2) is 24.3 Å². The average Bonchev–Trinajstić information content (AvgIpc) is 2.36. The SMILES string of the molecule is CCOc1ccc(NC2C(C)CCCC2C)cc1. The Kier molecular flexibility index (Phi) is 4.51. The molecule has 2 unspecified atom stereocenters. The molecule has 0 saturated heterocycles. The summed E-state index contributed by atoms with van der Waals surface area (Å²) in [5.41, 5.74) is 1.21. The van der Waals surface area contributed by atoms with Gasteiger partial charge in [0.1, 0.15) is 5.75 Å². The molecule has 1 N–H and O–H groups in total. The maximum atomic E-state index is 5.47. The molecule has 0 bridgehead atoms. The first-order valence-corrected chi connectivity index (χ1v) is 7.20. The second-order valence-electron chi connectivity index (χ2n) is 5.51. The minimum atomic E-state index is 0.608. The lowest BCUT2D eigenvalue weighted by Crippen LogP contribution is -2.36. The Morgan fingerprint density at radius 3 is 2.28 bits per heavy atom. The molecule has 2 rings (SSSR count). The van der Waals surface area contributed by atoms with Gasteiger partial charge >= 0.3 is 0 Å². The lowest BCUT2D eigenvalue weighted by Gasteiger charge is -2.35. The normalized spacial score (nSPS) is 27.8. The van der Waals surface area contributed by atoms with Gasteiger partial charge in [-0.25, -0.2) is 0 Å². The summed E-state index contributed by atoms with van der Waals surface area (Å²) in [4.78, 5) is 0. The van der Waals surface area contributed by atoms with Gasteiger partial charge in [0.2, 0.25) is 0 Å². The van der Waals surface area contributed by atoms with Crippen LogP contribution in [0.5, 0.6) is 5.75 Å². The van der Waals surface area contributed by atoms with Crippen molar-refractivity contribution in [3.05, 3.63) is 24.3 Å². The molecule has 2 nitrogen and oxygen atoms in total. The molecule has 0 amide bonds. The fraction of sp³-hybridized carbons (Fsp3) is 0.625. The third-order valence-electron chi connectivity index (χ3n) is 4.04. The van der Waals surface area contributed by atoms with Crippen LogP contribution in [0.1, 0.15) is 40.0 Å². The summed E-state index contributed by atoms with van der Waals surface area (Å²) in [5.74, 6) is 2.48. The number of rotatable bonds is 4. The fourth-order valence-corrected chi connectivity index (χ4v) is 2.97. The highest BCUT2D eigenvalue weighted by Crippen LogP contribution is 2.31. The van der Waals surface area contributed by atoms with E-state index in [-0.39, 0.29) is 0 Å². The van der Waals surface area contributed by atoms with Crippen LogP contribution in [0.2, 0.25) is 0 Å². The predicted octanol–water partition coefficient (Wildman–Crippen LogP) is 4.32. The standard InChI is InChI=1S/C16H25NO/c1-4-18-15-10-8-14(9-11-15)17-16-12(2)6-5-7-13(16)3/h8-13,16-17H,4-7H2,1-3H3. The molecule has 0 spiro atoms. The van der Waals surface area contributed by atoms with Crippen LogP contribution in [0.4, 0.5) is 5.69 Å².